The van der Waals surface area contributed by atoms with Crippen LogP contribution in [0.5, 0.6) is 0 Å². The summed E-state index contributed by atoms with van der Waals surface area (Å²) in [4.78, 5) is 0. The summed E-state index contributed by atoms with van der Waals surface area (Å²) in [5.74, 6) is 0.688. The Balaban J connectivity index is 2.54. The third-order valence-corrected chi connectivity index (χ3v) is 2.74. The molecule has 0 saturated carbocycles. The summed E-state index contributed by atoms with van der Waals surface area (Å²) in [6, 6.07) is 7.34. The normalized spacial score (nSPS) is 10.3. The summed E-state index contributed by atoms with van der Waals surface area (Å²) in [7, 11) is 0. The molecule has 2 N–H and O–H groups in total. The number of aromatic amines is 1. The highest BCUT2D eigenvalue weighted by Gasteiger charge is 2.07. The SMILES string of the molecule is S=c1[nH]nc(-c2ccc(Cl)cc2)n1NBr. The number of hydrogen-bond donors (Lipinski definition) is 2. The van der Waals surface area contributed by atoms with E-state index in [1.54, 1.807) is 16.8 Å². The third kappa shape index (κ3) is 2.06. The molecule has 4 nitrogen and oxygen atoms in total. The van der Waals surface area contributed by atoms with Crippen molar-refractivity contribution in [3.8, 4) is 11.4 Å². The zero-order chi connectivity index (χ0) is 10.8. The number of nitrogens with zero attached hydrogens (tertiary/aromatic N) is 2. The number of aromatic nitrogens is 3. The van der Waals surface area contributed by atoms with Gasteiger partial charge in [0.05, 0.1) is 16.1 Å². The van der Waals surface area contributed by atoms with Gasteiger partial charge in [-0.15, -0.1) is 0 Å². The van der Waals surface area contributed by atoms with Crippen molar-refractivity contribution in [1.29, 1.82) is 0 Å². The van der Waals surface area contributed by atoms with Crippen LogP contribution < -0.4 is 4.45 Å². The van der Waals surface area contributed by atoms with Gasteiger partial charge in [-0.2, -0.15) is 5.10 Å². The lowest BCUT2D eigenvalue weighted by molar-refractivity contribution is 0.992. The lowest BCUT2D eigenvalue weighted by Gasteiger charge is -2.03. The minimum absolute atomic E-state index is 0.483. The molecule has 1 aromatic carbocycles. The summed E-state index contributed by atoms with van der Waals surface area (Å²) < 4.78 is 4.85. The minimum atomic E-state index is 0.483. The van der Waals surface area contributed by atoms with Crippen LogP contribution in [0.3, 0.4) is 0 Å². The van der Waals surface area contributed by atoms with E-state index in [2.05, 4.69) is 30.8 Å². The molecule has 0 radical (unpaired) electrons. The maximum Gasteiger partial charge on any atom is 0.215 e. The summed E-state index contributed by atoms with van der Waals surface area (Å²) in [6.45, 7) is 0. The van der Waals surface area contributed by atoms with E-state index in [-0.39, 0.29) is 0 Å². The van der Waals surface area contributed by atoms with Gasteiger partial charge in [-0.3, -0.25) is 4.45 Å². The fraction of sp³-hybridized carbons (Fsp3) is 0. The first kappa shape index (κ1) is 10.7. The Morgan fingerprint density at radius 3 is 2.67 bits per heavy atom. The van der Waals surface area contributed by atoms with Crippen molar-refractivity contribution < 1.29 is 0 Å². The Morgan fingerprint density at radius 1 is 1.40 bits per heavy atom. The Bertz CT molecular complexity index is 518. The summed E-state index contributed by atoms with van der Waals surface area (Å²) >= 11 is 13.9. The highest BCUT2D eigenvalue weighted by atomic mass is 79.9. The van der Waals surface area contributed by atoms with Gasteiger partial charge < -0.3 is 0 Å². The summed E-state index contributed by atoms with van der Waals surface area (Å²) in [5, 5.41) is 7.47. The van der Waals surface area contributed by atoms with Gasteiger partial charge in [0, 0.05) is 10.6 Å². The molecule has 78 valence electrons. The molecule has 1 aromatic heterocycles. The minimum Gasteiger partial charge on any atom is -0.256 e. The average Bonchev–Trinajstić information content (AvgIpc) is 2.61. The zero-order valence-corrected chi connectivity index (χ0v) is 10.5. The monoisotopic (exact) mass is 304 g/mol. The van der Waals surface area contributed by atoms with E-state index >= 15 is 0 Å². The number of nitrogens with one attached hydrogen (secondary N) is 2. The topological polar surface area (TPSA) is 45.6 Å². The summed E-state index contributed by atoms with van der Waals surface area (Å²) in [5.41, 5.74) is 0.915. The molecule has 0 atom stereocenters. The van der Waals surface area contributed by atoms with E-state index in [1.165, 1.54) is 0 Å². The first-order chi connectivity index (χ1) is 7.22. The van der Waals surface area contributed by atoms with Crippen molar-refractivity contribution in [2.24, 2.45) is 0 Å². The number of benzene rings is 1. The van der Waals surface area contributed by atoms with Gasteiger partial charge in [0.15, 0.2) is 5.82 Å². The molecule has 7 heteroatoms. The van der Waals surface area contributed by atoms with E-state index in [0.29, 0.717) is 15.6 Å². The smallest absolute Gasteiger partial charge is 0.215 e. The lowest BCUT2D eigenvalue weighted by atomic mass is 10.2. The van der Waals surface area contributed by atoms with Crippen LogP contribution in [0.15, 0.2) is 24.3 Å². The molecule has 2 aromatic rings. The molecule has 0 fully saturated rings. The lowest BCUT2D eigenvalue weighted by Crippen LogP contribution is -2.04. The highest BCUT2D eigenvalue weighted by molar-refractivity contribution is 9.10. The maximum atomic E-state index is 5.80. The van der Waals surface area contributed by atoms with Crippen molar-refractivity contribution in [1.82, 2.24) is 14.9 Å². The second-order valence-electron chi connectivity index (χ2n) is 2.78. The van der Waals surface area contributed by atoms with Crippen LogP contribution in [-0.4, -0.2) is 14.9 Å². The molecule has 15 heavy (non-hydrogen) atoms. The molecule has 0 unspecified atom stereocenters. The standard InChI is InChI=1S/C8H6BrClN4S/c9-13-14-7(11-12-8(14)15)5-1-3-6(10)4-2-5/h1-4,13H,(H,12,15). The predicted molar refractivity (Wildman–Crippen MR) is 66.1 cm³/mol. The Hall–Kier alpha value is -0.850. The zero-order valence-electron chi connectivity index (χ0n) is 7.37. The molecule has 0 aliphatic carbocycles. The van der Waals surface area contributed by atoms with Crippen molar-refractivity contribution in [2.75, 3.05) is 4.45 Å². The fourth-order valence-electron chi connectivity index (χ4n) is 1.17. The molecule has 0 bridgehead atoms. The number of hydrogen-bond acceptors (Lipinski definition) is 3. The van der Waals surface area contributed by atoms with E-state index in [4.69, 9.17) is 23.8 Å². The molecule has 0 amide bonds. The number of rotatable bonds is 2. The molecule has 0 aliphatic rings. The average molecular weight is 306 g/mol. The van der Waals surface area contributed by atoms with E-state index < -0.39 is 0 Å². The van der Waals surface area contributed by atoms with Crippen molar-refractivity contribution in [3.63, 3.8) is 0 Å². The molecular weight excluding hydrogens is 300 g/mol. The van der Waals surface area contributed by atoms with E-state index in [1.807, 2.05) is 12.1 Å². The molecule has 2 rings (SSSR count). The molecule has 0 saturated heterocycles. The molecule has 0 spiro atoms. The Labute approximate surface area is 105 Å². The number of H-pyrrole nitrogens is 1. The first-order valence-corrected chi connectivity index (χ1v) is 5.60. The van der Waals surface area contributed by atoms with Crippen LogP contribution in [0, 0.1) is 4.77 Å². The first-order valence-electron chi connectivity index (χ1n) is 4.02. The van der Waals surface area contributed by atoms with E-state index in [0.717, 1.165) is 5.56 Å². The van der Waals surface area contributed by atoms with Crippen LogP contribution in [0.4, 0.5) is 0 Å². The van der Waals surface area contributed by atoms with Crippen molar-refractivity contribution in [2.45, 2.75) is 0 Å². The van der Waals surface area contributed by atoms with Crippen molar-refractivity contribution >= 4 is 40.0 Å². The van der Waals surface area contributed by atoms with Gasteiger partial charge in [-0.1, -0.05) is 11.6 Å². The van der Waals surface area contributed by atoms with Gasteiger partial charge in [-0.25, -0.2) is 9.77 Å². The van der Waals surface area contributed by atoms with Gasteiger partial charge in [-0.05, 0) is 36.5 Å². The van der Waals surface area contributed by atoms with Gasteiger partial charge in [0.2, 0.25) is 4.77 Å². The second kappa shape index (κ2) is 4.34. The molecule has 1 heterocycles. The van der Waals surface area contributed by atoms with Crippen LogP contribution in [0.2, 0.25) is 5.02 Å². The molecule has 0 aliphatic heterocycles. The van der Waals surface area contributed by atoms with Crippen LogP contribution >= 0.6 is 40.0 Å². The number of halogens is 2. The summed E-state index contributed by atoms with van der Waals surface area (Å²) in [6.07, 6.45) is 0. The second-order valence-corrected chi connectivity index (χ2v) is 3.96. The van der Waals surface area contributed by atoms with Crippen molar-refractivity contribution in [3.05, 3.63) is 34.1 Å². The largest absolute Gasteiger partial charge is 0.256 e. The van der Waals surface area contributed by atoms with Gasteiger partial charge >= 0.3 is 0 Å². The van der Waals surface area contributed by atoms with Gasteiger partial charge in [0.25, 0.3) is 0 Å². The fourth-order valence-corrected chi connectivity index (χ4v) is 1.93. The van der Waals surface area contributed by atoms with Crippen LogP contribution in [0.1, 0.15) is 0 Å². The van der Waals surface area contributed by atoms with E-state index in [9.17, 15) is 0 Å². The maximum absolute atomic E-state index is 5.80. The predicted octanol–water partition coefficient (Wildman–Crippen LogP) is 3.11. The van der Waals surface area contributed by atoms with Crippen LogP contribution in [0.25, 0.3) is 11.4 Å². The Morgan fingerprint density at radius 2 is 2.07 bits per heavy atom. The quantitative estimate of drug-likeness (QED) is 0.662. The highest BCUT2D eigenvalue weighted by Crippen LogP contribution is 2.19. The Kier molecular flexibility index (Phi) is 3.08. The van der Waals surface area contributed by atoms with Gasteiger partial charge in [0.1, 0.15) is 0 Å². The third-order valence-electron chi connectivity index (χ3n) is 1.86. The van der Waals surface area contributed by atoms with Crippen LogP contribution in [-0.2, 0) is 0 Å². The molecular formula is C8H6BrClN4S.